The molecule has 1 spiro atoms. The molecule has 0 amide bonds. The maximum Gasteiger partial charge on any atom is 0.387 e. The smallest absolute Gasteiger partial charge is 0.387 e. The van der Waals surface area contributed by atoms with Crippen molar-refractivity contribution < 1.29 is 37.3 Å². The summed E-state index contributed by atoms with van der Waals surface area (Å²) in [5.41, 5.74) is -2.89. The van der Waals surface area contributed by atoms with Gasteiger partial charge in [-0.1, -0.05) is 30.7 Å². The van der Waals surface area contributed by atoms with Gasteiger partial charge in [-0.25, -0.2) is 4.79 Å². The summed E-state index contributed by atoms with van der Waals surface area (Å²) in [5.74, 6) is -3.32. The van der Waals surface area contributed by atoms with Gasteiger partial charge < -0.3 is 24.3 Å². The summed E-state index contributed by atoms with van der Waals surface area (Å²) in [6.07, 6.45) is 0.0738. The Bertz CT molecular complexity index is 1930. The highest BCUT2D eigenvalue weighted by molar-refractivity contribution is 6.36. The lowest BCUT2D eigenvalue weighted by Gasteiger charge is -2.42. The molecule has 0 fully saturated rings. The van der Waals surface area contributed by atoms with Gasteiger partial charge in [0.05, 0.1) is 19.8 Å². The molecule has 44 heavy (non-hydrogen) atoms. The number of hydrogen-bond donors (Lipinski definition) is 1. The molecule has 11 nitrogen and oxygen atoms in total. The molecule has 1 aromatic heterocycles. The lowest BCUT2D eigenvalue weighted by molar-refractivity contribution is -0.130. The summed E-state index contributed by atoms with van der Waals surface area (Å²) in [5, 5.41) is 3.07. The van der Waals surface area contributed by atoms with E-state index in [-0.39, 0.29) is 62.5 Å². The van der Waals surface area contributed by atoms with Crippen molar-refractivity contribution in [2.24, 2.45) is 20.0 Å². The molecule has 230 valence electrons. The topological polar surface area (TPSA) is 127 Å². The second-order valence-corrected chi connectivity index (χ2v) is 11.1. The van der Waals surface area contributed by atoms with E-state index in [9.17, 15) is 28.0 Å². The first-order valence-corrected chi connectivity index (χ1v) is 13.8. The molecule has 6 rings (SSSR count). The zero-order valence-electron chi connectivity index (χ0n) is 24.1. The Kier molecular flexibility index (Phi) is 6.83. The van der Waals surface area contributed by atoms with E-state index in [0.717, 1.165) is 4.57 Å². The molecule has 0 saturated heterocycles. The molecule has 3 heterocycles. The number of hydrogen-bond acceptors (Lipinski definition) is 9. The molecule has 0 radical (unpaired) electrons. The maximum absolute atomic E-state index is 14.9. The fraction of sp³-hybridized carbons (Fsp3) is 0.333. The molecule has 1 N–H and O–H groups in total. The van der Waals surface area contributed by atoms with Crippen LogP contribution in [0.25, 0.3) is 0 Å². The number of ketones is 2. The number of alkyl halides is 2. The van der Waals surface area contributed by atoms with Gasteiger partial charge in [-0.3, -0.25) is 23.5 Å². The highest BCUT2D eigenvalue weighted by Crippen LogP contribution is 2.56. The lowest BCUT2D eigenvalue weighted by atomic mass is 9.66. The van der Waals surface area contributed by atoms with Gasteiger partial charge in [0.1, 0.15) is 33.7 Å². The van der Waals surface area contributed by atoms with Crippen molar-refractivity contribution in [1.82, 2.24) is 9.13 Å². The number of halogens is 3. The van der Waals surface area contributed by atoms with Crippen LogP contribution < -0.4 is 35.5 Å². The minimum atomic E-state index is -3.13. The SMILES string of the molecule is COc1cc(OC)c2c(c1Cl)OC1(C(=O)C3=C(CC1C)Nc1c(c(=O)n(C)c(=O)n1C)C3c1cccc(OC(F)F)c1)C2=O. The van der Waals surface area contributed by atoms with Crippen molar-refractivity contribution in [2.75, 3.05) is 19.5 Å². The van der Waals surface area contributed by atoms with Crippen LogP contribution in [-0.4, -0.2) is 47.1 Å². The minimum Gasteiger partial charge on any atom is -0.496 e. The number of nitrogens with one attached hydrogen (secondary N) is 1. The Labute approximate surface area is 253 Å². The van der Waals surface area contributed by atoms with E-state index >= 15 is 0 Å². The quantitative estimate of drug-likeness (QED) is 0.420. The van der Waals surface area contributed by atoms with Crippen LogP contribution in [-0.2, 0) is 18.9 Å². The van der Waals surface area contributed by atoms with Gasteiger partial charge in [-0.2, -0.15) is 8.78 Å². The number of methoxy groups -OCH3 is 2. The van der Waals surface area contributed by atoms with Crippen LogP contribution in [0, 0.1) is 5.92 Å². The van der Waals surface area contributed by atoms with Crippen molar-refractivity contribution in [3.8, 4) is 23.0 Å². The van der Waals surface area contributed by atoms with Gasteiger partial charge >= 0.3 is 12.3 Å². The zero-order valence-corrected chi connectivity index (χ0v) is 24.9. The Morgan fingerprint density at radius 3 is 2.41 bits per heavy atom. The van der Waals surface area contributed by atoms with Crippen molar-refractivity contribution in [3.05, 3.63) is 84.2 Å². The summed E-state index contributed by atoms with van der Waals surface area (Å²) >= 11 is 6.56. The van der Waals surface area contributed by atoms with E-state index in [1.165, 1.54) is 57.1 Å². The number of ether oxygens (including phenoxy) is 4. The summed E-state index contributed by atoms with van der Waals surface area (Å²) in [6, 6.07) is 7.00. The predicted molar refractivity (Wildman–Crippen MR) is 154 cm³/mol. The van der Waals surface area contributed by atoms with E-state index in [1.807, 2.05) is 0 Å². The van der Waals surface area contributed by atoms with Gasteiger partial charge in [0, 0.05) is 43.3 Å². The first-order chi connectivity index (χ1) is 20.9. The van der Waals surface area contributed by atoms with Crippen molar-refractivity contribution in [3.63, 3.8) is 0 Å². The van der Waals surface area contributed by atoms with E-state index < -0.39 is 46.9 Å². The molecule has 3 unspecified atom stereocenters. The average Bonchev–Trinajstić information content (AvgIpc) is 3.31. The van der Waals surface area contributed by atoms with Crippen LogP contribution in [0.2, 0.25) is 5.02 Å². The Hall–Kier alpha value is -4.65. The highest BCUT2D eigenvalue weighted by atomic mass is 35.5. The predicted octanol–water partition coefficient (Wildman–Crippen LogP) is 3.79. The number of allylic oxidation sites excluding steroid dienone is 1. The number of carbonyl (C=O) groups is 2. The fourth-order valence-electron chi connectivity index (χ4n) is 6.39. The third-order valence-corrected chi connectivity index (χ3v) is 8.85. The highest BCUT2D eigenvalue weighted by Gasteiger charge is 2.63. The first-order valence-electron chi connectivity index (χ1n) is 13.4. The largest absolute Gasteiger partial charge is 0.496 e. The zero-order chi connectivity index (χ0) is 31.8. The number of nitrogens with zero attached hydrogens (tertiary/aromatic N) is 2. The molecule has 1 aliphatic carbocycles. The number of benzene rings is 2. The van der Waals surface area contributed by atoms with Crippen LogP contribution in [0.15, 0.2) is 51.2 Å². The van der Waals surface area contributed by atoms with Gasteiger partial charge in [0.2, 0.25) is 17.2 Å². The normalized spacial score (nSPS) is 21.9. The molecular formula is C30H26ClF2N3O8. The molecular weight excluding hydrogens is 604 g/mol. The number of rotatable bonds is 5. The maximum atomic E-state index is 14.9. The Balaban J connectivity index is 1.61. The van der Waals surface area contributed by atoms with E-state index in [4.69, 9.17) is 25.8 Å². The molecule has 0 bridgehead atoms. The fourth-order valence-corrected chi connectivity index (χ4v) is 6.66. The van der Waals surface area contributed by atoms with Gasteiger partial charge in [-0.05, 0) is 24.1 Å². The standard InChI is InChI=1S/C30H26ClF2N3O8/c1-12-9-15-19(24(37)30(12)25(38)20-16(41-4)11-17(42-5)22(31)23(20)44-30)18(13-7-6-8-14(10-13)43-28(32)33)21-26(34-15)35(2)29(40)36(3)27(21)39/h6-8,10-12,18,28,34H,9H2,1-5H3. The molecule has 2 aromatic carbocycles. The summed E-state index contributed by atoms with van der Waals surface area (Å²) < 4.78 is 50.1. The van der Waals surface area contributed by atoms with E-state index in [0.29, 0.717) is 5.70 Å². The number of Topliss-reactive ketones (excluding diaryl/α,β-unsaturated/α-hetero) is 2. The van der Waals surface area contributed by atoms with Crippen LogP contribution in [0.1, 0.15) is 40.7 Å². The molecule has 3 atom stereocenters. The number of fused-ring (bicyclic) bond motifs is 2. The number of carbonyl (C=O) groups excluding carboxylic acids is 2. The monoisotopic (exact) mass is 629 g/mol. The minimum absolute atomic E-state index is 0.000780. The molecule has 0 saturated carbocycles. The Morgan fingerprint density at radius 1 is 1.05 bits per heavy atom. The third-order valence-electron chi connectivity index (χ3n) is 8.49. The molecule has 2 aliphatic heterocycles. The second kappa shape index (κ2) is 10.2. The van der Waals surface area contributed by atoms with Crippen LogP contribution in [0.3, 0.4) is 0 Å². The van der Waals surface area contributed by atoms with Crippen molar-refractivity contribution >= 4 is 29.0 Å². The van der Waals surface area contributed by atoms with Crippen LogP contribution >= 0.6 is 11.6 Å². The summed E-state index contributed by atoms with van der Waals surface area (Å²) in [7, 11) is 5.47. The molecule has 3 aromatic rings. The Morgan fingerprint density at radius 2 is 1.75 bits per heavy atom. The van der Waals surface area contributed by atoms with Crippen LogP contribution in [0.4, 0.5) is 14.6 Å². The third kappa shape index (κ3) is 3.91. The van der Waals surface area contributed by atoms with Crippen molar-refractivity contribution in [1.29, 1.82) is 0 Å². The molecule has 3 aliphatic rings. The van der Waals surface area contributed by atoms with E-state index in [1.54, 1.807) is 13.0 Å². The van der Waals surface area contributed by atoms with Crippen molar-refractivity contribution in [2.45, 2.75) is 31.5 Å². The number of anilines is 1. The summed E-state index contributed by atoms with van der Waals surface area (Å²) in [4.78, 5) is 55.8. The average molecular weight is 630 g/mol. The first kappa shape index (κ1) is 29.4. The lowest BCUT2D eigenvalue weighted by Crippen LogP contribution is -2.58. The van der Waals surface area contributed by atoms with E-state index in [2.05, 4.69) is 10.1 Å². The van der Waals surface area contributed by atoms with Crippen LogP contribution in [0.5, 0.6) is 23.0 Å². The number of aromatic nitrogens is 2. The van der Waals surface area contributed by atoms with Gasteiger partial charge in [-0.15, -0.1) is 0 Å². The molecule has 14 heteroatoms. The summed E-state index contributed by atoms with van der Waals surface area (Å²) in [6.45, 7) is -1.47. The van der Waals surface area contributed by atoms with Gasteiger partial charge in [0.15, 0.2) is 5.75 Å². The second-order valence-electron chi connectivity index (χ2n) is 10.8. The van der Waals surface area contributed by atoms with Gasteiger partial charge in [0.25, 0.3) is 5.56 Å².